The molecular formula is C16H15F2NO2. The van der Waals surface area contributed by atoms with Gasteiger partial charge in [-0.05, 0) is 50.2 Å². The van der Waals surface area contributed by atoms with Crippen molar-refractivity contribution in [1.82, 2.24) is 0 Å². The Morgan fingerprint density at radius 2 is 1.62 bits per heavy atom. The van der Waals surface area contributed by atoms with Crippen molar-refractivity contribution in [1.29, 1.82) is 0 Å². The zero-order valence-corrected chi connectivity index (χ0v) is 11.7. The SMILES string of the molecule is CC(C)Oc1ccc(NC(=O)c2c(F)cccc2F)cc1. The van der Waals surface area contributed by atoms with Gasteiger partial charge in [0.05, 0.1) is 6.10 Å². The minimum atomic E-state index is -0.896. The number of nitrogens with one attached hydrogen (secondary N) is 1. The Kier molecular flexibility index (Phi) is 4.52. The number of amides is 1. The largest absolute Gasteiger partial charge is 0.491 e. The lowest BCUT2D eigenvalue weighted by atomic mass is 10.1. The van der Waals surface area contributed by atoms with E-state index in [1.165, 1.54) is 6.07 Å². The number of rotatable bonds is 4. The molecule has 0 bridgehead atoms. The molecule has 1 amide bonds. The maximum absolute atomic E-state index is 13.5. The first-order valence-electron chi connectivity index (χ1n) is 6.49. The first-order chi connectivity index (χ1) is 9.97. The van der Waals surface area contributed by atoms with Crippen LogP contribution in [0.15, 0.2) is 42.5 Å². The van der Waals surface area contributed by atoms with Gasteiger partial charge in [-0.15, -0.1) is 0 Å². The third-order valence-electron chi connectivity index (χ3n) is 2.67. The Hall–Kier alpha value is -2.43. The van der Waals surface area contributed by atoms with Gasteiger partial charge in [0.25, 0.3) is 5.91 Å². The maximum atomic E-state index is 13.5. The topological polar surface area (TPSA) is 38.3 Å². The number of anilines is 1. The highest BCUT2D eigenvalue weighted by atomic mass is 19.1. The van der Waals surface area contributed by atoms with Gasteiger partial charge in [-0.25, -0.2) is 8.78 Å². The Bertz CT molecular complexity index is 619. The standard InChI is InChI=1S/C16H15F2NO2/c1-10(2)21-12-8-6-11(7-9-12)19-16(20)15-13(17)4-3-5-14(15)18/h3-10H,1-2H3,(H,19,20). The summed E-state index contributed by atoms with van der Waals surface area (Å²) in [4.78, 5) is 11.9. The van der Waals surface area contributed by atoms with Crippen LogP contribution in [-0.4, -0.2) is 12.0 Å². The Balaban J connectivity index is 2.13. The summed E-state index contributed by atoms with van der Waals surface area (Å²) in [5, 5.41) is 2.45. The first kappa shape index (κ1) is 15.0. The predicted molar refractivity (Wildman–Crippen MR) is 76.5 cm³/mol. The van der Waals surface area contributed by atoms with Gasteiger partial charge in [0.1, 0.15) is 22.9 Å². The Morgan fingerprint density at radius 1 is 1.05 bits per heavy atom. The normalized spacial score (nSPS) is 10.5. The first-order valence-corrected chi connectivity index (χ1v) is 6.49. The number of ether oxygens (including phenoxy) is 1. The summed E-state index contributed by atoms with van der Waals surface area (Å²) in [5.41, 5.74) is -0.168. The molecule has 0 unspecified atom stereocenters. The van der Waals surface area contributed by atoms with Gasteiger partial charge in [-0.3, -0.25) is 4.79 Å². The van der Waals surface area contributed by atoms with Crippen LogP contribution >= 0.6 is 0 Å². The summed E-state index contributed by atoms with van der Waals surface area (Å²) >= 11 is 0. The van der Waals surface area contributed by atoms with E-state index in [-0.39, 0.29) is 6.10 Å². The highest BCUT2D eigenvalue weighted by Crippen LogP contribution is 2.19. The molecule has 0 saturated heterocycles. The third-order valence-corrected chi connectivity index (χ3v) is 2.67. The van der Waals surface area contributed by atoms with E-state index in [9.17, 15) is 13.6 Å². The van der Waals surface area contributed by atoms with Crippen molar-refractivity contribution in [2.45, 2.75) is 20.0 Å². The zero-order chi connectivity index (χ0) is 15.4. The van der Waals surface area contributed by atoms with Crippen LogP contribution in [-0.2, 0) is 0 Å². The minimum Gasteiger partial charge on any atom is -0.491 e. The van der Waals surface area contributed by atoms with E-state index in [1.54, 1.807) is 24.3 Å². The van der Waals surface area contributed by atoms with Gasteiger partial charge in [0.2, 0.25) is 0 Å². The highest BCUT2D eigenvalue weighted by molar-refractivity contribution is 6.04. The second-order valence-corrected chi connectivity index (χ2v) is 4.74. The molecule has 0 heterocycles. The predicted octanol–water partition coefficient (Wildman–Crippen LogP) is 4.00. The molecule has 0 radical (unpaired) electrons. The van der Waals surface area contributed by atoms with E-state index in [4.69, 9.17) is 4.74 Å². The quantitative estimate of drug-likeness (QED) is 0.924. The average molecular weight is 291 g/mol. The molecule has 0 aliphatic carbocycles. The van der Waals surface area contributed by atoms with Crippen molar-refractivity contribution >= 4 is 11.6 Å². The van der Waals surface area contributed by atoms with E-state index >= 15 is 0 Å². The van der Waals surface area contributed by atoms with Crippen LogP contribution in [0.5, 0.6) is 5.75 Å². The van der Waals surface area contributed by atoms with Crippen molar-refractivity contribution in [3.63, 3.8) is 0 Å². The summed E-state index contributed by atoms with van der Waals surface area (Å²) < 4.78 is 32.4. The molecule has 1 N–H and O–H groups in total. The lowest BCUT2D eigenvalue weighted by Gasteiger charge is -2.11. The second-order valence-electron chi connectivity index (χ2n) is 4.74. The molecule has 0 saturated carbocycles. The van der Waals surface area contributed by atoms with Gasteiger partial charge >= 0.3 is 0 Å². The summed E-state index contributed by atoms with van der Waals surface area (Å²) in [6.07, 6.45) is 0.0398. The number of hydrogen-bond donors (Lipinski definition) is 1. The van der Waals surface area contributed by atoms with Gasteiger partial charge in [-0.2, -0.15) is 0 Å². The summed E-state index contributed by atoms with van der Waals surface area (Å²) in [6.45, 7) is 3.80. The molecule has 2 aromatic rings. The molecule has 0 fully saturated rings. The lowest BCUT2D eigenvalue weighted by Crippen LogP contribution is -2.15. The van der Waals surface area contributed by atoms with Crippen LogP contribution in [0.1, 0.15) is 24.2 Å². The molecule has 21 heavy (non-hydrogen) atoms. The van der Waals surface area contributed by atoms with Crippen LogP contribution in [0.25, 0.3) is 0 Å². The van der Waals surface area contributed by atoms with E-state index in [0.29, 0.717) is 11.4 Å². The number of carbonyl (C=O) groups excluding carboxylic acids is 1. The number of carbonyl (C=O) groups is 1. The van der Waals surface area contributed by atoms with Crippen LogP contribution in [0.4, 0.5) is 14.5 Å². The van der Waals surface area contributed by atoms with Crippen molar-refractivity contribution in [3.8, 4) is 5.75 Å². The number of halogens is 2. The molecule has 2 rings (SSSR count). The molecule has 2 aromatic carbocycles. The molecule has 0 atom stereocenters. The molecule has 0 aliphatic rings. The Morgan fingerprint density at radius 3 is 2.14 bits per heavy atom. The summed E-state index contributed by atoms with van der Waals surface area (Å²) in [7, 11) is 0. The third kappa shape index (κ3) is 3.78. The van der Waals surface area contributed by atoms with Crippen LogP contribution in [0.3, 0.4) is 0 Å². The fourth-order valence-corrected chi connectivity index (χ4v) is 1.80. The molecular weight excluding hydrogens is 276 g/mol. The summed E-state index contributed by atoms with van der Waals surface area (Å²) in [6, 6.07) is 9.85. The van der Waals surface area contributed by atoms with Crippen molar-refractivity contribution in [2.75, 3.05) is 5.32 Å². The van der Waals surface area contributed by atoms with Crippen molar-refractivity contribution in [2.24, 2.45) is 0 Å². The van der Waals surface area contributed by atoms with Crippen molar-refractivity contribution in [3.05, 3.63) is 59.7 Å². The molecule has 3 nitrogen and oxygen atoms in total. The van der Waals surface area contributed by atoms with E-state index < -0.39 is 23.1 Å². The number of hydrogen-bond acceptors (Lipinski definition) is 2. The molecule has 0 aromatic heterocycles. The van der Waals surface area contributed by atoms with Gasteiger partial charge in [-0.1, -0.05) is 6.07 Å². The fourth-order valence-electron chi connectivity index (χ4n) is 1.80. The van der Waals surface area contributed by atoms with E-state index in [2.05, 4.69) is 5.32 Å². The monoisotopic (exact) mass is 291 g/mol. The molecule has 5 heteroatoms. The lowest BCUT2D eigenvalue weighted by molar-refractivity contribution is 0.101. The highest BCUT2D eigenvalue weighted by Gasteiger charge is 2.16. The molecule has 0 aliphatic heterocycles. The smallest absolute Gasteiger partial charge is 0.261 e. The maximum Gasteiger partial charge on any atom is 0.261 e. The average Bonchev–Trinajstić information content (AvgIpc) is 2.40. The summed E-state index contributed by atoms with van der Waals surface area (Å²) in [5.74, 6) is -1.97. The zero-order valence-electron chi connectivity index (χ0n) is 11.7. The van der Waals surface area contributed by atoms with E-state index in [0.717, 1.165) is 12.1 Å². The number of benzene rings is 2. The second kappa shape index (κ2) is 6.35. The molecule has 0 spiro atoms. The van der Waals surface area contributed by atoms with Gasteiger partial charge in [0, 0.05) is 5.69 Å². The minimum absolute atomic E-state index is 0.0398. The van der Waals surface area contributed by atoms with Crippen LogP contribution in [0, 0.1) is 11.6 Å². The molecule has 110 valence electrons. The van der Waals surface area contributed by atoms with Gasteiger partial charge < -0.3 is 10.1 Å². The Labute approximate surface area is 121 Å². The fraction of sp³-hybridized carbons (Fsp3) is 0.188. The van der Waals surface area contributed by atoms with Crippen LogP contribution < -0.4 is 10.1 Å². The van der Waals surface area contributed by atoms with Gasteiger partial charge in [0.15, 0.2) is 0 Å². The van der Waals surface area contributed by atoms with E-state index in [1.807, 2.05) is 13.8 Å². The van der Waals surface area contributed by atoms with Crippen LogP contribution in [0.2, 0.25) is 0 Å². The van der Waals surface area contributed by atoms with Crippen molar-refractivity contribution < 1.29 is 18.3 Å².